The number of ether oxygens (including phenoxy) is 1. The highest BCUT2D eigenvalue weighted by Crippen LogP contribution is 2.35. The lowest BCUT2D eigenvalue weighted by atomic mass is 10.2. The van der Waals surface area contributed by atoms with Gasteiger partial charge in [0, 0.05) is 5.56 Å². The third-order valence-electron chi connectivity index (χ3n) is 2.78. The fourth-order valence-corrected chi connectivity index (χ4v) is 2.23. The van der Waals surface area contributed by atoms with Crippen LogP contribution in [-0.2, 0) is 0 Å². The van der Waals surface area contributed by atoms with Crippen LogP contribution in [-0.4, -0.2) is 16.0 Å². The number of hydrogen-bond acceptors (Lipinski definition) is 4. The number of rotatable bonds is 4. The Hall–Kier alpha value is -2.16. The van der Waals surface area contributed by atoms with Gasteiger partial charge in [-0.25, -0.2) is 4.79 Å². The topological polar surface area (TPSA) is 89.7 Å². The highest BCUT2D eigenvalue weighted by molar-refractivity contribution is 14.1. The molecule has 0 saturated carbocycles. The van der Waals surface area contributed by atoms with Gasteiger partial charge in [0.1, 0.15) is 5.75 Å². The van der Waals surface area contributed by atoms with Crippen molar-refractivity contribution in [1.29, 1.82) is 0 Å². The SMILES string of the molecule is Cc1cccc(Oc2cc(C(=O)O)ccc2I)c1[N+](=O)[O-]. The number of aryl methyl sites for hydroxylation is 1. The molecule has 0 amide bonds. The molecule has 108 valence electrons. The Bertz CT molecular complexity index is 729. The highest BCUT2D eigenvalue weighted by Gasteiger charge is 2.20. The lowest BCUT2D eigenvalue weighted by molar-refractivity contribution is -0.386. The van der Waals surface area contributed by atoms with E-state index in [-0.39, 0.29) is 22.7 Å². The van der Waals surface area contributed by atoms with Crippen molar-refractivity contribution in [2.45, 2.75) is 6.92 Å². The Morgan fingerprint density at radius 3 is 2.62 bits per heavy atom. The third-order valence-corrected chi connectivity index (χ3v) is 3.67. The molecule has 0 saturated heterocycles. The maximum atomic E-state index is 11.1. The van der Waals surface area contributed by atoms with Crippen LogP contribution in [0, 0.1) is 20.6 Å². The molecule has 0 fully saturated rings. The first kappa shape index (κ1) is 15.2. The molecule has 0 aliphatic heterocycles. The normalized spacial score (nSPS) is 10.2. The molecular weight excluding hydrogens is 389 g/mol. The molecule has 0 radical (unpaired) electrons. The zero-order valence-electron chi connectivity index (χ0n) is 10.9. The number of aromatic carboxylic acids is 1. The summed E-state index contributed by atoms with van der Waals surface area (Å²) in [5.74, 6) is -0.736. The van der Waals surface area contributed by atoms with E-state index in [0.717, 1.165) is 0 Å². The van der Waals surface area contributed by atoms with Gasteiger partial charge >= 0.3 is 11.7 Å². The average molecular weight is 399 g/mol. The van der Waals surface area contributed by atoms with Gasteiger partial charge in [-0.05, 0) is 53.8 Å². The number of hydrogen-bond donors (Lipinski definition) is 1. The number of carboxylic acids is 1. The van der Waals surface area contributed by atoms with Crippen molar-refractivity contribution in [3.05, 3.63) is 61.2 Å². The number of benzene rings is 2. The molecule has 2 aromatic carbocycles. The van der Waals surface area contributed by atoms with Crippen molar-refractivity contribution in [1.82, 2.24) is 0 Å². The molecule has 6 nitrogen and oxygen atoms in total. The Labute approximate surface area is 133 Å². The second-order valence-corrected chi connectivity index (χ2v) is 5.39. The van der Waals surface area contributed by atoms with Crippen LogP contribution in [0.1, 0.15) is 15.9 Å². The van der Waals surface area contributed by atoms with Crippen LogP contribution in [0.3, 0.4) is 0 Å². The van der Waals surface area contributed by atoms with E-state index in [9.17, 15) is 14.9 Å². The number of carbonyl (C=O) groups is 1. The Kier molecular flexibility index (Phi) is 4.41. The molecular formula is C14H10INO5. The molecule has 0 spiro atoms. The zero-order chi connectivity index (χ0) is 15.6. The van der Waals surface area contributed by atoms with Crippen molar-refractivity contribution in [2.75, 3.05) is 0 Å². The van der Waals surface area contributed by atoms with Gasteiger partial charge < -0.3 is 9.84 Å². The lowest BCUT2D eigenvalue weighted by Crippen LogP contribution is -2.00. The average Bonchev–Trinajstić information content (AvgIpc) is 2.40. The summed E-state index contributed by atoms with van der Waals surface area (Å²) in [4.78, 5) is 21.6. The number of nitro groups is 1. The van der Waals surface area contributed by atoms with E-state index in [2.05, 4.69) is 0 Å². The summed E-state index contributed by atoms with van der Waals surface area (Å²) < 4.78 is 6.22. The van der Waals surface area contributed by atoms with Crippen LogP contribution in [0.15, 0.2) is 36.4 Å². The van der Waals surface area contributed by atoms with Crippen molar-refractivity contribution < 1.29 is 19.6 Å². The van der Waals surface area contributed by atoms with Gasteiger partial charge in [0.2, 0.25) is 5.75 Å². The molecule has 0 aliphatic carbocycles. The molecule has 0 bridgehead atoms. The molecule has 0 unspecified atom stereocenters. The van der Waals surface area contributed by atoms with Crippen LogP contribution in [0.5, 0.6) is 11.5 Å². The second-order valence-electron chi connectivity index (χ2n) is 4.23. The fraction of sp³-hybridized carbons (Fsp3) is 0.0714. The van der Waals surface area contributed by atoms with Crippen molar-refractivity contribution >= 4 is 34.2 Å². The first-order chi connectivity index (χ1) is 9.90. The number of para-hydroxylation sites is 1. The molecule has 7 heteroatoms. The highest BCUT2D eigenvalue weighted by atomic mass is 127. The summed E-state index contributed by atoms with van der Waals surface area (Å²) in [7, 11) is 0. The minimum absolute atomic E-state index is 0.0562. The Morgan fingerprint density at radius 1 is 1.29 bits per heavy atom. The Morgan fingerprint density at radius 2 is 2.00 bits per heavy atom. The smallest absolute Gasteiger partial charge is 0.335 e. The van der Waals surface area contributed by atoms with Gasteiger partial charge in [-0.15, -0.1) is 0 Å². The summed E-state index contributed by atoms with van der Waals surface area (Å²) in [5, 5.41) is 20.1. The van der Waals surface area contributed by atoms with Gasteiger partial charge in [0.05, 0.1) is 14.1 Å². The van der Waals surface area contributed by atoms with E-state index in [1.807, 2.05) is 22.6 Å². The lowest BCUT2D eigenvalue weighted by Gasteiger charge is -2.10. The van der Waals surface area contributed by atoms with E-state index in [1.165, 1.54) is 18.2 Å². The van der Waals surface area contributed by atoms with E-state index < -0.39 is 10.9 Å². The first-order valence-corrected chi connectivity index (χ1v) is 6.92. The number of nitro benzene ring substituents is 1. The fourth-order valence-electron chi connectivity index (χ4n) is 1.78. The first-order valence-electron chi connectivity index (χ1n) is 5.85. The summed E-state index contributed by atoms with van der Waals surface area (Å²) in [6.45, 7) is 1.61. The monoisotopic (exact) mass is 399 g/mol. The molecule has 0 aliphatic rings. The van der Waals surface area contributed by atoms with Crippen LogP contribution < -0.4 is 4.74 Å². The van der Waals surface area contributed by atoms with E-state index in [4.69, 9.17) is 9.84 Å². The maximum absolute atomic E-state index is 11.1. The summed E-state index contributed by atoms with van der Waals surface area (Å²) in [5.41, 5.74) is 0.400. The van der Waals surface area contributed by atoms with Crippen molar-refractivity contribution in [3.8, 4) is 11.5 Å². The molecule has 0 aromatic heterocycles. The van der Waals surface area contributed by atoms with E-state index in [0.29, 0.717) is 9.13 Å². The summed E-state index contributed by atoms with van der Waals surface area (Å²) >= 11 is 1.98. The maximum Gasteiger partial charge on any atom is 0.335 e. The minimum atomic E-state index is -1.09. The van der Waals surface area contributed by atoms with Crippen molar-refractivity contribution in [3.63, 3.8) is 0 Å². The van der Waals surface area contributed by atoms with Crippen LogP contribution >= 0.6 is 22.6 Å². The molecule has 2 rings (SSSR count). The number of halogens is 1. The van der Waals surface area contributed by atoms with Crippen molar-refractivity contribution in [2.24, 2.45) is 0 Å². The molecule has 0 atom stereocenters. The molecule has 0 heterocycles. The van der Waals surface area contributed by atoms with Crippen LogP contribution in [0.2, 0.25) is 0 Å². The molecule has 1 N–H and O–H groups in total. The number of carboxylic acid groups (broad SMARTS) is 1. The van der Waals surface area contributed by atoms with Gasteiger partial charge in [-0.2, -0.15) is 0 Å². The zero-order valence-corrected chi connectivity index (χ0v) is 13.0. The van der Waals surface area contributed by atoms with Gasteiger partial charge in [0.15, 0.2) is 0 Å². The summed E-state index contributed by atoms with van der Waals surface area (Å²) in [6.07, 6.45) is 0. The van der Waals surface area contributed by atoms with E-state index >= 15 is 0 Å². The Balaban J connectivity index is 2.48. The molecule has 21 heavy (non-hydrogen) atoms. The quantitative estimate of drug-likeness (QED) is 0.477. The van der Waals surface area contributed by atoms with Gasteiger partial charge in [0.25, 0.3) is 0 Å². The minimum Gasteiger partial charge on any atom is -0.478 e. The van der Waals surface area contributed by atoms with Crippen LogP contribution in [0.4, 0.5) is 5.69 Å². The third kappa shape index (κ3) is 3.30. The summed E-state index contributed by atoms with van der Waals surface area (Å²) in [6, 6.07) is 9.11. The van der Waals surface area contributed by atoms with E-state index in [1.54, 1.807) is 25.1 Å². The second kappa shape index (κ2) is 6.08. The van der Waals surface area contributed by atoms with Crippen LogP contribution in [0.25, 0.3) is 0 Å². The van der Waals surface area contributed by atoms with Gasteiger partial charge in [-0.3, -0.25) is 10.1 Å². The largest absolute Gasteiger partial charge is 0.478 e. The number of nitrogens with zero attached hydrogens (tertiary/aromatic N) is 1. The predicted octanol–water partition coefficient (Wildman–Crippen LogP) is 4.00. The van der Waals surface area contributed by atoms with Gasteiger partial charge in [-0.1, -0.05) is 12.1 Å². The molecule has 2 aromatic rings. The predicted molar refractivity (Wildman–Crippen MR) is 84.0 cm³/mol. The standard InChI is InChI=1S/C14H10INO5/c1-8-3-2-4-11(13(8)16(19)20)21-12-7-9(14(17)18)5-6-10(12)15/h2-7H,1H3,(H,17,18).